The normalized spacial score (nSPS) is 9.50. The SMILES string of the molecule is C=CCCOc1cc(OCCC=C)c(C#CCCCC)cc1C#CCCCC. The number of unbranched alkanes of at least 4 members (excludes halogenated alkanes) is 4. The van der Waals surface area contributed by atoms with Crippen LogP contribution in [0.3, 0.4) is 0 Å². The summed E-state index contributed by atoms with van der Waals surface area (Å²) in [6.07, 6.45) is 11.5. The molecule has 28 heavy (non-hydrogen) atoms. The van der Waals surface area contributed by atoms with E-state index in [4.69, 9.17) is 9.47 Å². The molecule has 0 N–H and O–H groups in total. The van der Waals surface area contributed by atoms with E-state index in [1.54, 1.807) is 0 Å². The molecular weight excluding hydrogens is 344 g/mol. The first kappa shape index (κ1) is 23.5. The molecule has 2 heteroatoms. The summed E-state index contributed by atoms with van der Waals surface area (Å²) < 4.78 is 11.9. The molecule has 0 aliphatic heterocycles. The topological polar surface area (TPSA) is 18.5 Å². The van der Waals surface area contributed by atoms with E-state index in [9.17, 15) is 0 Å². The summed E-state index contributed by atoms with van der Waals surface area (Å²) in [6.45, 7) is 13.0. The van der Waals surface area contributed by atoms with Crippen LogP contribution in [0.2, 0.25) is 0 Å². The van der Waals surface area contributed by atoms with Gasteiger partial charge in [0.05, 0.1) is 24.3 Å². The molecule has 0 atom stereocenters. The third-order valence-electron chi connectivity index (χ3n) is 4.00. The second kappa shape index (κ2) is 15.5. The Morgan fingerprint density at radius 3 is 1.64 bits per heavy atom. The van der Waals surface area contributed by atoms with E-state index < -0.39 is 0 Å². The molecule has 0 spiro atoms. The highest BCUT2D eigenvalue weighted by Gasteiger charge is 2.10. The van der Waals surface area contributed by atoms with Crippen LogP contribution in [-0.4, -0.2) is 13.2 Å². The molecule has 0 bridgehead atoms. The van der Waals surface area contributed by atoms with Gasteiger partial charge in [-0.15, -0.1) is 13.2 Å². The van der Waals surface area contributed by atoms with Gasteiger partial charge in [0.2, 0.25) is 0 Å². The van der Waals surface area contributed by atoms with Crippen molar-refractivity contribution < 1.29 is 9.47 Å². The van der Waals surface area contributed by atoms with Crippen LogP contribution in [0.15, 0.2) is 37.4 Å². The van der Waals surface area contributed by atoms with Gasteiger partial charge in [-0.2, -0.15) is 0 Å². The van der Waals surface area contributed by atoms with Gasteiger partial charge in [0.25, 0.3) is 0 Å². The van der Waals surface area contributed by atoms with Gasteiger partial charge in [0, 0.05) is 18.9 Å². The maximum absolute atomic E-state index is 5.96. The van der Waals surface area contributed by atoms with Crippen molar-refractivity contribution in [3.8, 4) is 35.2 Å². The molecule has 0 saturated carbocycles. The number of benzene rings is 1. The minimum absolute atomic E-state index is 0.570. The van der Waals surface area contributed by atoms with Gasteiger partial charge in [-0.25, -0.2) is 0 Å². The van der Waals surface area contributed by atoms with Crippen LogP contribution in [0.5, 0.6) is 11.5 Å². The maximum Gasteiger partial charge on any atom is 0.138 e. The van der Waals surface area contributed by atoms with Crippen molar-refractivity contribution in [2.45, 2.75) is 65.2 Å². The van der Waals surface area contributed by atoms with Crippen molar-refractivity contribution in [2.24, 2.45) is 0 Å². The molecule has 0 saturated heterocycles. The van der Waals surface area contributed by atoms with Gasteiger partial charge in [-0.1, -0.05) is 62.5 Å². The van der Waals surface area contributed by atoms with Gasteiger partial charge >= 0.3 is 0 Å². The molecule has 1 rings (SSSR count). The Hall–Kier alpha value is -2.58. The quantitative estimate of drug-likeness (QED) is 0.229. The third kappa shape index (κ3) is 9.38. The zero-order valence-corrected chi connectivity index (χ0v) is 17.6. The molecule has 0 radical (unpaired) electrons. The summed E-state index contributed by atoms with van der Waals surface area (Å²) in [6, 6.07) is 3.93. The van der Waals surface area contributed by atoms with Crippen molar-refractivity contribution in [3.63, 3.8) is 0 Å². The summed E-state index contributed by atoms with van der Waals surface area (Å²) in [4.78, 5) is 0. The van der Waals surface area contributed by atoms with Gasteiger partial charge in [-0.05, 0) is 31.7 Å². The van der Waals surface area contributed by atoms with Gasteiger partial charge < -0.3 is 9.47 Å². The van der Waals surface area contributed by atoms with Crippen LogP contribution < -0.4 is 9.47 Å². The van der Waals surface area contributed by atoms with E-state index >= 15 is 0 Å². The first-order valence-corrected chi connectivity index (χ1v) is 10.4. The molecule has 1 aromatic rings. The van der Waals surface area contributed by atoms with E-state index in [-0.39, 0.29) is 0 Å². The van der Waals surface area contributed by atoms with E-state index in [2.05, 4.69) is 50.7 Å². The van der Waals surface area contributed by atoms with Gasteiger partial charge in [-0.3, -0.25) is 0 Å². The van der Waals surface area contributed by atoms with Crippen LogP contribution in [-0.2, 0) is 0 Å². The first-order valence-electron chi connectivity index (χ1n) is 10.4. The molecule has 0 fully saturated rings. The van der Waals surface area contributed by atoms with E-state index in [0.29, 0.717) is 13.2 Å². The van der Waals surface area contributed by atoms with E-state index in [1.807, 2.05) is 24.3 Å². The lowest BCUT2D eigenvalue weighted by molar-refractivity contribution is 0.307. The minimum atomic E-state index is 0.570. The predicted octanol–water partition coefficient (Wildman–Crippen LogP) is 6.68. The highest BCUT2D eigenvalue weighted by atomic mass is 16.5. The van der Waals surface area contributed by atoms with Crippen LogP contribution in [0, 0.1) is 23.7 Å². The van der Waals surface area contributed by atoms with Crippen LogP contribution >= 0.6 is 0 Å². The molecule has 1 aromatic carbocycles. The Balaban J connectivity index is 3.21. The standard InChI is InChI=1S/C26H34O2/c1-5-9-13-15-17-23-21-24(18-16-14-10-6-2)26(28-20-12-8-4)22-25(23)27-19-11-7-3/h7-8,21-22H,3-6,9-14,19-20H2,1-2H3. The van der Waals surface area contributed by atoms with Crippen LogP contribution in [0.25, 0.3) is 0 Å². The number of hydrogen-bond acceptors (Lipinski definition) is 2. The number of ether oxygens (including phenoxy) is 2. The van der Waals surface area contributed by atoms with Crippen molar-refractivity contribution in [1.29, 1.82) is 0 Å². The van der Waals surface area contributed by atoms with Gasteiger partial charge in [0.15, 0.2) is 0 Å². The second-order valence-electron chi connectivity index (χ2n) is 6.51. The maximum atomic E-state index is 5.96. The van der Waals surface area contributed by atoms with Crippen molar-refractivity contribution in [1.82, 2.24) is 0 Å². The highest BCUT2D eigenvalue weighted by molar-refractivity contribution is 5.58. The second-order valence-corrected chi connectivity index (χ2v) is 6.51. The summed E-state index contributed by atoms with van der Waals surface area (Å²) in [7, 11) is 0. The molecule has 150 valence electrons. The van der Waals surface area contributed by atoms with Crippen molar-refractivity contribution >= 4 is 0 Å². The van der Waals surface area contributed by atoms with Crippen molar-refractivity contribution in [3.05, 3.63) is 48.6 Å². The number of hydrogen-bond donors (Lipinski definition) is 0. The Morgan fingerprint density at radius 1 is 0.786 bits per heavy atom. The fourth-order valence-corrected chi connectivity index (χ4v) is 2.35. The molecular formula is C26H34O2. The lowest BCUT2D eigenvalue weighted by atomic mass is 10.1. The monoisotopic (exact) mass is 378 g/mol. The Labute approximate surface area is 172 Å². The minimum Gasteiger partial charge on any atom is -0.492 e. The molecule has 0 aliphatic rings. The Kier molecular flexibility index (Phi) is 13.0. The van der Waals surface area contributed by atoms with E-state index in [1.165, 1.54) is 0 Å². The Morgan fingerprint density at radius 2 is 1.25 bits per heavy atom. The lowest BCUT2D eigenvalue weighted by Crippen LogP contribution is -2.02. The highest BCUT2D eigenvalue weighted by Crippen LogP contribution is 2.29. The summed E-state index contributed by atoms with van der Waals surface area (Å²) in [5, 5.41) is 0. The summed E-state index contributed by atoms with van der Waals surface area (Å²) >= 11 is 0. The lowest BCUT2D eigenvalue weighted by Gasteiger charge is -2.13. The molecule has 2 nitrogen and oxygen atoms in total. The Bertz CT molecular complexity index is 663. The summed E-state index contributed by atoms with van der Waals surface area (Å²) in [5.74, 6) is 14.6. The zero-order valence-electron chi connectivity index (χ0n) is 17.6. The first-order chi connectivity index (χ1) is 13.8. The number of rotatable bonds is 12. The molecule has 0 aromatic heterocycles. The molecule has 0 aliphatic carbocycles. The average Bonchev–Trinajstić information content (AvgIpc) is 2.70. The molecule has 0 unspecified atom stereocenters. The smallest absolute Gasteiger partial charge is 0.138 e. The van der Waals surface area contributed by atoms with E-state index in [0.717, 1.165) is 74.0 Å². The molecule has 0 heterocycles. The zero-order chi connectivity index (χ0) is 20.5. The summed E-state index contributed by atoms with van der Waals surface area (Å²) in [5.41, 5.74) is 1.74. The third-order valence-corrected chi connectivity index (χ3v) is 4.00. The fourth-order valence-electron chi connectivity index (χ4n) is 2.35. The van der Waals surface area contributed by atoms with Crippen molar-refractivity contribution in [2.75, 3.05) is 13.2 Å². The average molecular weight is 379 g/mol. The van der Waals surface area contributed by atoms with Crippen LogP contribution in [0.4, 0.5) is 0 Å². The fraction of sp³-hybridized carbons (Fsp3) is 0.462. The van der Waals surface area contributed by atoms with Crippen LogP contribution in [0.1, 0.15) is 76.3 Å². The largest absolute Gasteiger partial charge is 0.492 e. The molecule has 0 amide bonds. The van der Waals surface area contributed by atoms with Gasteiger partial charge in [0.1, 0.15) is 11.5 Å². The predicted molar refractivity (Wildman–Crippen MR) is 120 cm³/mol.